The molecule has 1 saturated heterocycles. The summed E-state index contributed by atoms with van der Waals surface area (Å²) in [5.41, 5.74) is 2.99. The molecule has 2 aliphatic heterocycles. The topological polar surface area (TPSA) is 53.0 Å². The zero-order valence-corrected chi connectivity index (χ0v) is 16.5. The van der Waals surface area contributed by atoms with E-state index in [1.54, 1.807) is 0 Å². The summed E-state index contributed by atoms with van der Waals surface area (Å²) in [7, 11) is 0. The molecular weight excluding hydrogens is 328 g/mol. The summed E-state index contributed by atoms with van der Waals surface area (Å²) in [6, 6.07) is 4.12. The first-order valence-electron chi connectivity index (χ1n) is 9.86. The van der Waals surface area contributed by atoms with Gasteiger partial charge in [0.05, 0.1) is 12.6 Å². The average Bonchev–Trinajstić information content (AvgIpc) is 2.60. The summed E-state index contributed by atoms with van der Waals surface area (Å²) < 4.78 is 6.43. The van der Waals surface area contributed by atoms with Gasteiger partial charge in [-0.3, -0.25) is 9.69 Å². The molecule has 1 fully saturated rings. The molecule has 0 aromatic heterocycles. The highest BCUT2D eigenvalue weighted by Crippen LogP contribution is 2.45. The van der Waals surface area contributed by atoms with E-state index in [0.29, 0.717) is 13.0 Å². The van der Waals surface area contributed by atoms with Gasteiger partial charge in [0.15, 0.2) is 0 Å². The fourth-order valence-electron chi connectivity index (χ4n) is 4.19. The summed E-state index contributed by atoms with van der Waals surface area (Å²) >= 11 is 0. The van der Waals surface area contributed by atoms with E-state index in [4.69, 9.17) is 4.74 Å². The van der Waals surface area contributed by atoms with E-state index in [1.165, 1.54) is 11.1 Å². The first-order chi connectivity index (χ1) is 12.4. The number of fused-ring (bicyclic) bond motifs is 1. The predicted molar refractivity (Wildman–Crippen MR) is 102 cm³/mol. The number of carbonyl (C=O) groups excluding carboxylic acids is 1. The highest BCUT2D eigenvalue weighted by atomic mass is 16.5. The minimum atomic E-state index is -0.470. The Kier molecular flexibility index (Phi) is 5.58. The Hall–Kier alpha value is -1.59. The van der Waals surface area contributed by atoms with E-state index >= 15 is 0 Å². The number of amides is 1. The first-order valence-corrected chi connectivity index (χ1v) is 9.86. The lowest BCUT2D eigenvalue weighted by molar-refractivity contribution is -0.133. The van der Waals surface area contributed by atoms with Crippen molar-refractivity contribution in [2.75, 3.05) is 32.7 Å². The molecule has 5 heteroatoms. The zero-order chi connectivity index (χ0) is 18.9. The third-order valence-electron chi connectivity index (χ3n) is 6.12. The molecule has 1 atom stereocenters. The number of aliphatic hydroxyl groups is 1. The van der Waals surface area contributed by atoms with Crippen molar-refractivity contribution in [1.29, 1.82) is 0 Å². The standard InChI is InChI=1S/C21H32N2O3/c1-5-23(6-2)20(25)14-22-9-7-21(8-10-22)13-18(24)17-11-15(3)16(4)12-19(17)26-21/h11-12,18,24H,5-10,13-14H2,1-4H3. The lowest BCUT2D eigenvalue weighted by Crippen LogP contribution is -2.52. The predicted octanol–water partition coefficient (Wildman–Crippen LogP) is 2.82. The molecule has 1 aromatic rings. The number of benzene rings is 1. The number of aryl methyl sites for hydroxylation is 2. The maximum absolute atomic E-state index is 12.3. The number of rotatable bonds is 4. The van der Waals surface area contributed by atoms with Gasteiger partial charge in [-0.1, -0.05) is 0 Å². The van der Waals surface area contributed by atoms with Crippen molar-refractivity contribution in [1.82, 2.24) is 9.80 Å². The fraction of sp³-hybridized carbons (Fsp3) is 0.667. The number of hydrogen-bond acceptors (Lipinski definition) is 4. The van der Waals surface area contributed by atoms with Gasteiger partial charge < -0.3 is 14.7 Å². The van der Waals surface area contributed by atoms with Gasteiger partial charge in [-0.05, 0) is 63.8 Å². The van der Waals surface area contributed by atoms with Crippen LogP contribution in [0, 0.1) is 13.8 Å². The number of hydrogen-bond donors (Lipinski definition) is 1. The van der Waals surface area contributed by atoms with Crippen molar-refractivity contribution in [3.05, 3.63) is 28.8 Å². The van der Waals surface area contributed by atoms with Gasteiger partial charge in [0.2, 0.25) is 5.91 Å². The Morgan fingerprint density at radius 3 is 2.46 bits per heavy atom. The van der Waals surface area contributed by atoms with Crippen LogP contribution in [0.4, 0.5) is 0 Å². The van der Waals surface area contributed by atoms with Crippen molar-refractivity contribution in [3.8, 4) is 5.75 Å². The summed E-state index contributed by atoms with van der Waals surface area (Å²) in [4.78, 5) is 16.4. The molecule has 5 nitrogen and oxygen atoms in total. The lowest BCUT2D eigenvalue weighted by atomic mass is 9.81. The highest BCUT2D eigenvalue weighted by Gasteiger charge is 2.43. The minimum absolute atomic E-state index is 0.201. The van der Waals surface area contributed by atoms with Gasteiger partial charge in [-0.2, -0.15) is 0 Å². The van der Waals surface area contributed by atoms with E-state index in [1.807, 2.05) is 18.7 Å². The third-order valence-corrected chi connectivity index (χ3v) is 6.12. The van der Waals surface area contributed by atoms with Crippen LogP contribution in [0.2, 0.25) is 0 Å². The quantitative estimate of drug-likeness (QED) is 0.897. The van der Waals surface area contributed by atoms with Crippen molar-refractivity contribution >= 4 is 5.91 Å². The third kappa shape index (κ3) is 3.74. The molecule has 3 rings (SSSR count). The van der Waals surface area contributed by atoms with Crippen LogP contribution >= 0.6 is 0 Å². The van der Waals surface area contributed by atoms with Crippen molar-refractivity contribution < 1.29 is 14.6 Å². The molecule has 0 saturated carbocycles. The summed E-state index contributed by atoms with van der Waals surface area (Å²) in [5, 5.41) is 10.7. The SMILES string of the molecule is CCN(CC)C(=O)CN1CCC2(CC1)CC(O)c1cc(C)c(C)cc1O2. The molecule has 2 aliphatic rings. The summed E-state index contributed by atoms with van der Waals surface area (Å²) in [5.74, 6) is 1.03. The van der Waals surface area contributed by atoms with E-state index < -0.39 is 6.10 Å². The molecule has 1 spiro atoms. The molecule has 2 heterocycles. The van der Waals surface area contributed by atoms with Crippen LogP contribution in [0.25, 0.3) is 0 Å². The van der Waals surface area contributed by atoms with Crippen molar-refractivity contribution in [2.24, 2.45) is 0 Å². The number of carbonyl (C=O) groups is 1. The Labute approximate surface area is 156 Å². The molecule has 0 bridgehead atoms. The number of nitrogens with zero attached hydrogens (tertiary/aromatic N) is 2. The maximum Gasteiger partial charge on any atom is 0.236 e. The van der Waals surface area contributed by atoms with Crippen molar-refractivity contribution in [2.45, 2.75) is 58.7 Å². The molecular formula is C21H32N2O3. The molecule has 0 aliphatic carbocycles. The van der Waals surface area contributed by atoms with Gasteiger partial charge in [-0.15, -0.1) is 0 Å². The van der Waals surface area contributed by atoms with Crippen LogP contribution in [0.15, 0.2) is 12.1 Å². The normalized spacial score (nSPS) is 22.0. The molecule has 1 amide bonds. The van der Waals surface area contributed by atoms with Crippen molar-refractivity contribution in [3.63, 3.8) is 0 Å². The number of ether oxygens (including phenoxy) is 1. The second kappa shape index (κ2) is 7.57. The van der Waals surface area contributed by atoms with E-state index in [2.05, 4.69) is 30.9 Å². The number of aliphatic hydroxyl groups excluding tert-OH is 1. The van der Waals surface area contributed by atoms with Gasteiger partial charge in [-0.25, -0.2) is 0 Å². The number of piperidine rings is 1. The van der Waals surface area contributed by atoms with Crippen LogP contribution in [-0.2, 0) is 4.79 Å². The second-order valence-electron chi connectivity index (χ2n) is 7.82. The van der Waals surface area contributed by atoms with E-state index in [9.17, 15) is 9.90 Å². The fourth-order valence-corrected chi connectivity index (χ4v) is 4.19. The molecule has 26 heavy (non-hydrogen) atoms. The lowest BCUT2D eigenvalue weighted by Gasteiger charge is -2.46. The molecule has 1 N–H and O–H groups in total. The Morgan fingerprint density at radius 2 is 1.85 bits per heavy atom. The van der Waals surface area contributed by atoms with E-state index in [0.717, 1.165) is 50.3 Å². The van der Waals surface area contributed by atoms with Crippen LogP contribution in [0.3, 0.4) is 0 Å². The first kappa shape index (κ1) is 19.2. The zero-order valence-electron chi connectivity index (χ0n) is 16.5. The van der Waals surface area contributed by atoms with Crippen LogP contribution < -0.4 is 4.74 Å². The Bertz CT molecular complexity index is 661. The average molecular weight is 360 g/mol. The Morgan fingerprint density at radius 1 is 1.23 bits per heavy atom. The minimum Gasteiger partial charge on any atom is -0.487 e. The van der Waals surface area contributed by atoms with Crippen LogP contribution in [0.1, 0.15) is 55.9 Å². The molecule has 0 radical (unpaired) electrons. The second-order valence-corrected chi connectivity index (χ2v) is 7.82. The van der Waals surface area contributed by atoms with Gasteiger partial charge >= 0.3 is 0 Å². The number of likely N-dealkylation sites (N-methyl/N-ethyl adjacent to an activating group) is 1. The monoisotopic (exact) mass is 360 g/mol. The number of likely N-dealkylation sites (tertiary alicyclic amines) is 1. The summed E-state index contributed by atoms with van der Waals surface area (Å²) in [6.07, 6.45) is 1.87. The van der Waals surface area contributed by atoms with E-state index in [-0.39, 0.29) is 11.5 Å². The molecule has 1 unspecified atom stereocenters. The Balaban J connectivity index is 1.65. The molecule has 144 valence electrons. The molecule has 1 aromatic carbocycles. The van der Waals surface area contributed by atoms with Crippen LogP contribution in [-0.4, -0.2) is 59.1 Å². The van der Waals surface area contributed by atoms with Gasteiger partial charge in [0.25, 0.3) is 0 Å². The summed E-state index contributed by atoms with van der Waals surface area (Å²) in [6.45, 7) is 11.9. The maximum atomic E-state index is 12.3. The van der Waals surface area contributed by atoms with Gasteiger partial charge in [0.1, 0.15) is 11.4 Å². The highest BCUT2D eigenvalue weighted by molar-refractivity contribution is 5.78. The smallest absolute Gasteiger partial charge is 0.236 e. The largest absolute Gasteiger partial charge is 0.487 e. The van der Waals surface area contributed by atoms with Gasteiger partial charge in [0, 0.05) is 38.2 Å². The van der Waals surface area contributed by atoms with Crippen LogP contribution in [0.5, 0.6) is 5.75 Å².